The molecule has 0 atom stereocenters. The fraction of sp³-hybridized carbons (Fsp3) is 1.00. The average Bonchev–Trinajstić information content (AvgIpc) is 2.31. The molecule has 2 heterocycles. The minimum absolute atomic E-state index is 0.913. The number of nitrogens with zero attached hydrogens (tertiary/aromatic N) is 2. The lowest BCUT2D eigenvalue weighted by molar-refractivity contribution is 0.350. The van der Waals surface area contributed by atoms with Crippen LogP contribution in [0.1, 0.15) is 45.4 Å². The van der Waals surface area contributed by atoms with Gasteiger partial charge in [0.15, 0.2) is 0 Å². The van der Waals surface area contributed by atoms with Gasteiger partial charge in [0.05, 0.1) is 0 Å². The summed E-state index contributed by atoms with van der Waals surface area (Å²) in [4.78, 5) is 0. The molecule has 0 amide bonds. The van der Waals surface area contributed by atoms with Gasteiger partial charge in [-0.2, -0.15) is 0 Å². The molecule has 0 unspecified atom stereocenters. The van der Waals surface area contributed by atoms with Crippen molar-refractivity contribution in [2.45, 2.75) is 50.6 Å². The molecule has 0 spiro atoms. The molecule has 0 aromatic heterocycles. The van der Waals surface area contributed by atoms with Crippen molar-refractivity contribution < 1.29 is 0 Å². The van der Waals surface area contributed by atoms with Crippen LogP contribution in [0, 0.1) is 0 Å². The monoisotopic (exact) mass is 252 g/mol. The Kier molecular flexibility index (Phi) is 5.55. The molecule has 16 heavy (non-hydrogen) atoms. The lowest BCUT2D eigenvalue weighted by atomic mass is 10.2. The van der Waals surface area contributed by atoms with E-state index < -0.39 is 0 Å². The molecule has 0 aromatic rings. The number of hydrogen-bond acceptors (Lipinski definition) is 2. The summed E-state index contributed by atoms with van der Waals surface area (Å²) in [6, 6.07) is 0. The standard InChI is InChI=1S/C12H24N2Si2/c1-12(15-13-8-4-2-5-9-13)16-14-10-6-3-7-11-14/h12H,2-11H2,1H3. The third-order valence-corrected chi connectivity index (χ3v) is 6.64. The molecule has 2 saturated heterocycles. The lowest BCUT2D eigenvalue weighted by Crippen LogP contribution is -2.41. The molecule has 0 N–H and O–H groups in total. The van der Waals surface area contributed by atoms with Crippen LogP contribution in [0.2, 0.25) is 5.16 Å². The molecule has 0 saturated carbocycles. The van der Waals surface area contributed by atoms with E-state index in [4.69, 9.17) is 0 Å². The Hall–Kier alpha value is 0.354. The highest BCUT2D eigenvalue weighted by atomic mass is 28.3. The summed E-state index contributed by atoms with van der Waals surface area (Å²) in [5, 5.41) is 0.913. The van der Waals surface area contributed by atoms with Gasteiger partial charge in [-0.25, -0.2) is 0 Å². The predicted molar refractivity (Wildman–Crippen MR) is 71.8 cm³/mol. The quantitative estimate of drug-likeness (QED) is 0.706. The molecule has 2 aliphatic rings. The van der Waals surface area contributed by atoms with E-state index in [9.17, 15) is 0 Å². The van der Waals surface area contributed by atoms with Crippen molar-refractivity contribution in [3.05, 3.63) is 0 Å². The summed E-state index contributed by atoms with van der Waals surface area (Å²) in [7, 11) is 2.17. The molecule has 0 bridgehead atoms. The summed E-state index contributed by atoms with van der Waals surface area (Å²) in [5.41, 5.74) is 0. The maximum absolute atomic E-state index is 2.71. The van der Waals surface area contributed by atoms with E-state index in [0.717, 1.165) is 24.5 Å². The van der Waals surface area contributed by atoms with Crippen LogP contribution in [0.4, 0.5) is 0 Å². The highest BCUT2D eigenvalue weighted by molar-refractivity contribution is 6.55. The van der Waals surface area contributed by atoms with Gasteiger partial charge >= 0.3 is 0 Å². The topological polar surface area (TPSA) is 6.48 Å². The van der Waals surface area contributed by atoms with Gasteiger partial charge in [-0.3, -0.25) is 0 Å². The van der Waals surface area contributed by atoms with Crippen LogP contribution in [0.15, 0.2) is 0 Å². The van der Waals surface area contributed by atoms with Crippen molar-refractivity contribution in [3.8, 4) is 0 Å². The smallest absolute Gasteiger partial charge is 0.142 e. The van der Waals surface area contributed by atoms with Gasteiger partial charge < -0.3 is 9.13 Å². The van der Waals surface area contributed by atoms with Gasteiger partial charge in [0.25, 0.3) is 0 Å². The molecule has 2 rings (SSSR count). The molecule has 2 fully saturated rings. The van der Waals surface area contributed by atoms with Crippen LogP contribution in [0.25, 0.3) is 0 Å². The SMILES string of the molecule is CC([Si]N1CCCCC1)[Si]N1CCCCC1. The molecular weight excluding hydrogens is 228 g/mol. The predicted octanol–water partition coefficient (Wildman–Crippen LogP) is 1.96. The van der Waals surface area contributed by atoms with Crippen LogP contribution in [0.3, 0.4) is 0 Å². The Morgan fingerprint density at radius 1 is 0.688 bits per heavy atom. The van der Waals surface area contributed by atoms with Crippen molar-refractivity contribution in [1.82, 2.24) is 9.13 Å². The molecule has 0 aliphatic carbocycles. The van der Waals surface area contributed by atoms with Gasteiger partial charge in [0.1, 0.15) is 19.4 Å². The molecule has 0 aromatic carbocycles. The van der Waals surface area contributed by atoms with E-state index in [-0.39, 0.29) is 0 Å². The second-order valence-electron chi connectivity index (χ2n) is 5.08. The van der Waals surface area contributed by atoms with E-state index in [1.165, 1.54) is 64.7 Å². The van der Waals surface area contributed by atoms with Crippen molar-refractivity contribution in [1.29, 1.82) is 0 Å². The Labute approximate surface area is 106 Å². The minimum Gasteiger partial charge on any atom is -0.325 e. The number of piperidine rings is 2. The maximum Gasteiger partial charge on any atom is 0.142 e. The van der Waals surface area contributed by atoms with E-state index in [0.29, 0.717) is 0 Å². The summed E-state index contributed by atoms with van der Waals surface area (Å²) in [5.74, 6) is 0. The van der Waals surface area contributed by atoms with Crippen molar-refractivity contribution in [2.75, 3.05) is 26.2 Å². The third kappa shape index (κ3) is 4.32. The van der Waals surface area contributed by atoms with Crippen molar-refractivity contribution >= 4 is 19.4 Å². The largest absolute Gasteiger partial charge is 0.325 e. The molecule has 90 valence electrons. The third-order valence-electron chi connectivity index (χ3n) is 3.46. The van der Waals surface area contributed by atoms with Crippen molar-refractivity contribution in [2.24, 2.45) is 0 Å². The van der Waals surface area contributed by atoms with Gasteiger partial charge in [-0.05, 0) is 57.0 Å². The normalized spacial score (nSPS) is 25.1. The fourth-order valence-electron chi connectivity index (χ4n) is 2.62. The van der Waals surface area contributed by atoms with Crippen molar-refractivity contribution in [3.63, 3.8) is 0 Å². The van der Waals surface area contributed by atoms with Gasteiger partial charge in [-0.15, -0.1) is 0 Å². The van der Waals surface area contributed by atoms with Crippen LogP contribution in [-0.4, -0.2) is 54.7 Å². The molecule has 2 nitrogen and oxygen atoms in total. The first kappa shape index (κ1) is 12.8. The van der Waals surface area contributed by atoms with E-state index >= 15 is 0 Å². The molecule has 4 heteroatoms. The second kappa shape index (κ2) is 6.94. The Balaban J connectivity index is 1.64. The van der Waals surface area contributed by atoms with E-state index in [1.807, 2.05) is 0 Å². The molecule has 2 aliphatic heterocycles. The summed E-state index contributed by atoms with van der Waals surface area (Å²) < 4.78 is 5.43. The summed E-state index contributed by atoms with van der Waals surface area (Å²) >= 11 is 0. The minimum atomic E-state index is 0.913. The second-order valence-corrected chi connectivity index (χ2v) is 9.17. The zero-order valence-corrected chi connectivity index (χ0v) is 12.5. The molecular formula is C12H24N2Si2. The fourth-order valence-corrected chi connectivity index (χ4v) is 6.19. The van der Waals surface area contributed by atoms with E-state index in [1.54, 1.807) is 0 Å². The Bertz CT molecular complexity index is 169. The summed E-state index contributed by atoms with van der Waals surface area (Å²) in [6.07, 6.45) is 8.67. The van der Waals surface area contributed by atoms with Gasteiger partial charge in [0, 0.05) is 0 Å². The first-order valence-corrected chi connectivity index (χ1v) is 8.92. The van der Waals surface area contributed by atoms with Crippen LogP contribution in [0.5, 0.6) is 0 Å². The maximum atomic E-state index is 2.71. The summed E-state index contributed by atoms with van der Waals surface area (Å²) in [6.45, 7) is 7.93. The average molecular weight is 253 g/mol. The van der Waals surface area contributed by atoms with Crippen LogP contribution >= 0.6 is 0 Å². The van der Waals surface area contributed by atoms with Gasteiger partial charge in [0.2, 0.25) is 0 Å². The van der Waals surface area contributed by atoms with Crippen LogP contribution in [-0.2, 0) is 0 Å². The molecule has 4 radical (unpaired) electrons. The highest BCUT2D eigenvalue weighted by Gasteiger charge is 2.19. The zero-order valence-electron chi connectivity index (χ0n) is 10.5. The first-order valence-electron chi connectivity index (χ1n) is 6.87. The number of rotatable bonds is 4. The Morgan fingerprint density at radius 2 is 1.06 bits per heavy atom. The highest BCUT2D eigenvalue weighted by Crippen LogP contribution is 2.14. The van der Waals surface area contributed by atoms with Gasteiger partial charge in [-0.1, -0.05) is 19.8 Å². The zero-order chi connectivity index (χ0) is 11.2. The first-order chi connectivity index (χ1) is 7.84. The number of hydrogen-bond donors (Lipinski definition) is 0. The lowest BCUT2D eigenvalue weighted by Gasteiger charge is -2.31. The Morgan fingerprint density at radius 3 is 1.44 bits per heavy atom. The van der Waals surface area contributed by atoms with Crippen LogP contribution < -0.4 is 0 Å². The van der Waals surface area contributed by atoms with E-state index in [2.05, 4.69) is 16.1 Å².